The van der Waals surface area contributed by atoms with E-state index < -0.39 is 0 Å². The molecular weight excluding hydrogens is 174 g/mol. The van der Waals surface area contributed by atoms with Crippen molar-refractivity contribution in [1.29, 1.82) is 0 Å². The lowest BCUT2D eigenvalue weighted by Crippen LogP contribution is -2.38. The number of nitrogens with one attached hydrogen (secondary N) is 1. The average Bonchev–Trinajstić information content (AvgIpc) is 2.18. The Balaban J connectivity index is 2.29. The molecule has 1 fully saturated rings. The second-order valence-electron chi connectivity index (χ2n) is 4.62. The van der Waals surface area contributed by atoms with Crippen LogP contribution in [0.4, 0.5) is 0 Å². The molecule has 1 saturated heterocycles. The van der Waals surface area contributed by atoms with Crippen molar-refractivity contribution in [3.8, 4) is 0 Å². The molecule has 14 heavy (non-hydrogen) atoms. The highest BCUT2D eigenvalue weighted by molar-refractivity contribution is 4.77. The monoisotopic (exact) mass is 199 g/mol. The largest absolute Gasteiger partial charge is 0.378 e. The van der Waals surface area contributed by atoms with Gasteiger partial charge in [-0.05, 0) is 38.6 Å². The van der Waals surface area contributed by atoms with E-state index in [0.717, 1.165) is 6.61 Å². The quantitative estimate of drug-likeness (QED) is 0.735. The van der Waals surface area contributed by atoms with E-state index in [9.17, 15) is 0 Å². The minimum Gasteiger partial charge on any atom is -0.378 e. The van der Waals surface area contributed by atoms with Gasteiger partial charge in [-0.15, -0.1) is 0 Å². The smallest absolute Gasteiger partial charge is 0.0612 e. The summed E-state index contributed by atoms with van der Waals surface area (Å²) in [5, 5.41) is 3.58. The molecule has 84 valence electrons. The lowest BCUT2D eigenvalue weighted by molar-refractivity contribution is 0.0159. The van der Waals surface area contributed by atoms with Crippen molar-refractivity contribution < 1.29 is 4.74 Å². The number of piperidine rings is 1. The minimum atomic E-state index is 0.440. The van der Waals surface area contributed by atoms with E-state index in [2.05, 4.69) is 26.1 Å². The topological polar surface area (TPSA) is 21.3 Å². The van der Waals surface area contributed by atoms with Crippen LogP contribution in [-0.2, 0) is 4.74 Å². The highest BCUT2D eigenvalue weighted by Gasteiger charge is 2.20. The van der Waals surface area contributed by atoms with Crippen LogP contribution in [0, 0.1) is 5.92 Å². The van der Waals surface area contributed by atoms with Gasteiger partial charge in [-0.3, -0.25) is 0 Å². The number of hydrogen-bond donors (Lipinski definition) is 1. The Bertz CT molecular complexity index is 141. The van der Waals surface area contributed by atoms with Gasteiger partial charge in [-0.1, -0.05) is 20.3 Å². The van der Waals surface area contributed by atoms with Crippen molar-refractivity contribution in [3.63, 3.8) is 0 Å². The lowest BCUT2D eigenvalue weighted by atomic mass is 9.94. The minimum absolute atomic E-state index is 0.440. The molecule has 2 atom stereocenters. The Labute approximate surface area is 88.4 Å². The van der Waals surface area contributed by atoms with E-state index in [0.29, 0.717) is 18.1 Å². The van der Waals surface area contributed by atoms with Crippen molar-refractivity contribution >= 4 is 0 Å². The fourth-order valence-corrected chi connectivity index (χ4v) is 2.15. The Morgan fingerprint density at radius 3 is 2.64 bits per heavy atom. The molecule has 0 aromatic rings. The molecule has 2 heteroatoms. The first-order valence-corrected chi connectivity index (χ1v) is 6.09. The maximum absolute atomic E-state index is 5.77. The molecule has 0 saturated carbocycles. The van der Waals surface area contributed by atoms with Gasteiger partial charge in [0.2, 0.25) is 0 Å². The molecule has 0 radical (unpaired) electrons. The van der Waals surface area contributed by atoms with Crippen molar-refractivity contribution in [3.05, 3.63) is 0 Å². The molecule has 2 nitrogen and oxygen atoms in total. The van der Waals surface area contributed by atoms with Crippen LogP contribution in [0.5, 0.6) is 0 Å². The van der Waals surface area contributed by atoms with Crippen LogP contribution in [0.3, 0.4) is 0 Å². The molecule has 1 heterocycles. The summed E-state index contributed by atoms with van der Waals surface area (Å²) in [4.78, 5) is 0. The Kier molecular flexibility index (Phi) is 5.49. The van der Waals surface area contributed by atoms with Gasteiger partial charge < -0.3 is 10.1 Å². The first kappa shape index (κ1) is 12.0. The molecule has 0 aromatic heterocycles. The molecular formula is C12H25NO. The van der Waals surface area contributed by atoms with Gasteiger partial charge in [0.1, 0.15) is 0 Å². The maximum atomic E-state index is 5.77. The van der Waals surface area contributed by atoms with Crippen LogP contribution >= 0.6 is 0 Å². The molecule has 0 unspecified atom stereocenters. The van der Waals surface area contributed by atoms with Crippen LogP contribution < -0.4 is 5.32 Å². The van der Waals surface area contributed by atoms with Crippen molar-refractivity contribution in [2.24, 2.45) is 5.92 Å². The zero-order chi connectivity index (χ0) is 10.4. The Morgan fingerprint density at radius 2 is 2.14 bits per heavy atom. The highest BCUT2D eigenvalue weighted by atomic mass is 16.5. The lowest BCUT2D eigenvalue weighted by Gasteiger charge is -2.29. The van der Waals surface area contributed by atoms with E-state index in [1.807, 2.05) is 0 Å². The third kappa shape index (κ3) is 3.97. The van der Waals surface area contributed by atoms with E-state index in [-0.39, 0.29) is 0 Å². The molecule has 1 aliphatic rings. The van der Waals surface area contributed by atoms with Crippen LogP contribution in [-0.4, -0.2) is 25.3 Å². The van der Waals surface area contributed by atoms with Crippen LogP contribution in [0.15, 0.2) is 0 Å². The molecule has 0 spiro atoms. The summed E-state index contributed by atoms with van der Waals surface area (Å²) in [5.41, 5.74) is 0. The fraction of sp³-hybridized carbons (Fsp3) is 1.00. The summed E-state index contributed by atoms with van der Waals surface area (Å²) in [5.74, 6) is 0.638. The second-order valence-corrected chi connectivity index (χ2v) is 4.62. The van der Waals surface area contributed by atoms with E-state index in [4.69, 9.17) is 4.74 Å². The predicted octanol–water partition coefficient (Wildman–Crippen LogP) is 2.58. The fourth-order valence-electron chi connectivity index (χ4n) is 2.15. The Hall–Kier alpha value is -0.0800. The third-order valence-electron chi connectivity index (χ3n) is 3.05. The molecule has 1 rings (SSSR count). The first-order chi connectivity index (χ1) is 6.74. The first-order valence-electron chi connectivity index (χ1n) is 6.09. The third-order valence-corrected chi connectivity index (χ3v) is 3.05. The van der Waals surface area contributed by atoms with Gasteiger partial charge in [0.15, 0.2) is 0 Å². The van der Waals surface area contributed by atoms with Crippen LogP contribution in [0.1, 0.15) is 46.5 Å². The molecule has 1 aliphatic heterocycles. The summed E-state index contributed by atoms with van der Waals surface area (Å²) >= 11 is 0. The predicted molar refractivity (Wildman–Crippen MR) is 60.5 cm³/mol. The van der Waals surface area contributed by atoms with Crippen LogP contribution in [0.25, 0.3) is 0 Å². The van der Waals surface area contributed by atoms with Crippen LogP contribution in [0.2, 0.25) is 0 Å². The van der Waals surface area contributed by atoms with Gasteiger partial charge in [0, 0.05) is 12.6 Å². The number of ether oxygens (including phenoxy) is 1. The van der Waals surface area contributed by atoms with Crippen molar-refractivity contribution in [2.75, 3.05) is 13.2 Å². The molecule has 1 N–H and O–H groups in total. The average molecular weight is 199 g/mol. The number of hydrogen-bond acceptors (Lipinski definition) is 2. The molecule has 0 aromatic carbocycles. The summed E-state index contributed by atoms with van der Waals surface area (Å²) in [6, 6.07) is 0.697. The van der Waals surface area contributed by atoms with Gasteiger partial charge >= 0.3 is 0 Å². The SMILES string of the molecule is CCO[C@H](C[C@H]1CCCCN1)C(C)C. The van der Waals surface area contributed by atoms with Gasteiger partial charge in [0.05, 0.1) is 6.10 Å². The Morgan fingerprint density at radius 1 is 1.36 bits per heavy atom. The zero-order valence-electron chi connectivity index (χ0n) is 9.88. The standard InChI is InChI=1S/C12H25NO/c1-4-14-12(10(2)3)9-11-7-5-6-8-13-11/h10-13H,4-9H2,1-3H3/t11-,12-/m1/s1. The molecule has 0 amide bonds. The molecule has 0 bridgehead atoms. The van der Waals surface area contributed by atoms with Gasteiger partial charge in [0.25, 0.3) is 0 Å². The summed E-state index contributed by atoms with van der Waals surface area (Å²) < 4.78 is 5.77. The zero-order valence-corrected chi connectivity index (χ0v) is 9.88. The number of rotatable bonds is 5. The normalized spacial score (nSPS) is 25.3. The van der Waals surface area contributed by atoms with Crippen molar-refractivity contribution in [1.82, 2.24) is 5.32 Å². The molecule has 0 aliphatic carbocycles. The van der Waals surface area contributed by atoms with E-state index in [1.165, 1.54) is 32.2 Å². The van der Waals surface area contributed by atoms with Gasteiger partial charge in [-0.2, -0.15) is 0 Å². The highest BCUT2D eigenvalue weighted by Crippen LogP contribution is 2.18. The van der Waals surface area contributed by atoms with Crippen molar-refractivity contribution in [2.45, 2.75) is 58.6 Å². The summed E-state index contributed by atoms with van der Waals surface area (Å²) in [7, 11) is 0. The summed E-state index contributed by atoms with van der Waals surface area (Å²) in [6.07, 6.45) is 5.68. The second kappa shape index (κ2) is 6.41. The van der Waals surface area contributed by atoms with E-state index >= 15 is 0 Å². The van der Waals surface area contributed by atoms with E-state index in [1.54, 1.807) is 0 Å². The maximum Gasteiger partial charge on any atom is 0.0612 e. The summed E-state index contributed by atoms with van der Waals surface area (Å²) in [6.45, 7) is 8.63. The van der Waals surface area contributed by atoms with Gasteiger partial charge in [-0.25, -0.2) is 0 Å².